The molecule has 0 fully saturated rings. The number of nitrogens with zero attached hydrogens (tertiary/aromatic N) is 1. The van der Waals surface area contributed by atoms with E-state index in [9.17, 15) is 14.0 Å². The van der Waals surface area contributed by atoms with Crippen molar-refractivity contribution in [3.63, 3.8) is 0 Å². The molecule has 0 aromatic heterocycles. The van der Waals surface area contributed by atoms with E-state index in [0.717, 1.165) is 17.3 Å². The maximum absolute atomic E-state index is 12.8. The number of amides is 2. The van der Waals surface area contributed by atoms with Crippen LogP contribution in [-0.2, 0) is 16.1 Å². The lowest BCUT2D eigenvalue weighted by Crippen LogP contribution is -2.32. The van der Waals surface area contributed by atoms with Gasteiger partial charge in [-0.25, -0.2) is 4.39 Å². The summed E-state index contributed by atoms with van der Waals surface area (Å²) in [4.78, 5) is 24.1. The highest BCUT2D eigenvalue weighted by molar-refractivity contribution is 8.00. The van der Waals surface area contributed by atoms with Gasteiger partial charge in [0.25, 0.3) is 0 Å². The van der Waals surface area contributed by atoms with Crippen LogP contribution in [0.15, 0.2) is 24.3 Å². The van der Waals surface area contributed by atoms with Gasteiger partial charge < -0.3 is 10.6 Å². The average Bonchev–Trinajstić information content (AvgIpc) is 2.40. The predicted octanol–water partition coefficient (Wildman–Crippen LogP) is 1.01. The molecule has 0 bridgehead atoms. The number of carbonyl (C=O) groups is 2. The number of terminal acetylenes is 1. The smallest absolute Gasteiger partial charge is 0.233 e. The Morgan fingerprint density at radius 3 is 2.50 bits per heavy atom. The fourth-order valence-corrected chi connectivity index (χ4v) is 2.14. The molecule has 1 rings (SSSR count). The molecule has 0 atom stereocenters. The van der Waals surface area contributed by atoms with Crippen LogP contribution in [0, 0.1) is 18.2 Å². The van der Waals surface area contributed by atoms with Gasteiger partial charge in [0.2, 0.25) is 11.8 Å². The summed E-state index contributed by atoms with van der Waals surface area (Å²) in [6.07, 6.45) is 5.24. The third kappa shape index (κ3) is 5.76. The van der Waals surface area contributed by atoms with Crippen molar-refractivity contribution in [2.45, 2.75) is 6.54 Å². The van der Waals surface area contributed by atoms with Crippen LogP contribution in [0.5, 0.6) is 0 Å². The van der Waals surface area contributed by atoms with E-state index in [1.807, 2.05) is 0 Å². The van der Waals surface area contributed by atoms with Crippen LogP contribution in [-0.4, -0.2) is 34.8 Å². The van der Waals surface area contributed by atoms with Crippen molar-refractivity contribution in [3.05, 3.63) is 35.6 Å². The first-order valence-corrected chi connectivity index (χ1v) is 7.00. The molecule has 0 spiro atoms. The zero-order chi connectivity index (χ0) is 15.0. The van der Waals surface area contributed by atoms with Crippen LogP contribution < -0.4 is 5.73 Å². The molecule has 6 heteroatoms. The largest absolute Gasteiger partial charge is 0.369 e. The Kier molecular flexibility index (Phi) is 6.60. The minimum Gasteiger partial charge on any atom is -0.369 e. The van der Waals surface area contributed by atoms with Crippen molar-refractivity contribution in [2.24, 2.45) is 5.73 Å². The molecule has 0 aliphatic rings. The molecular formula is C14H15FN2O2S. The highest BCUT2D eigenvalue weighted by Gasteiger charge is 2.13. The second-order valence-corrected chi connectivity index (χ2v) is 5.03. The summed E-state index contributed by atoms with van der Waals surface area (Å²) < 4.78 is 12.8. The monoisotopic (exact) mass is 294 g/mol. The maximum Gasteiger partial charge on any atom is 0.233 e. The molecule has 106 valence electrons. The minimum absolute atomic E-state index is 0.0895. The number of rotatable bonds is 7. The van der Waals surface area contributed by atoms with Gasteiger partial charge in [-0.15, -0.1) is 18.2 Å². The van der Waals surface area contributed by atoms with Gasteiger partial charge in [-0.1, -0.05) is 18.1 Å². The van der Waals surface area contributed by atoms with Gasteiger partial charge in [-0.05, 0) is 17.7 Å². The molecule has 2 N–H and O–H groups in total. The molecule has 1 aromatic carbocycles. The number of hydrogen-bond acceptors (Lipinski definition) is 3. The Morgan fingerprint density at radius 1 is 1.30 bits per heavy atom. The van der Waals surface area contributed by atoms with Crippen LogP contribution >= 0.6 is 11.8 Å². The second kappa shape index (κ2) is 8.23. The van der Waals surface area contributed by atoms with Crippen LogP contribution in [0.1, 0.15) is 5.56 Å². The van der Waals surface area contributed by atoms with Gasteiger partial charge in [-0.3, -0.25) is 9.59 Å². The number of primary amides is 1. The third-order valence-electron chi connectivity index (χ3n) is 2.39. The van der Waals surface area contributed by atoms with Crippen molar-refractivity contribution >= 4 is 23.6 Å². The number of hydrogen-bond donors (Lipinski definition) is 1. The number of halogens is 1. The van der Waals surface area contributed by atoms with Crippen LogP contribution in [0.25, 0.3) is 0 Å². The van der Waals surface area contributed by atoms with Crippen LogP contribution in [0.4, 0.5) is 4.39 Å². The van der Waals surface area contributed by atoms with Gasteiger partial charge in [-0.2, -0.15) is 0 Å². The van der Waals surface area contributed by atoms with Crippen molar-refractivity contribution in [1.82, 2.24) is 4.90 Å². The van der Waals surface area contributed by atoms with E-state index < -0.39 is 5.91 Å². The molecule has 0 aliphatic heterocycles. The Labute approximate surface area is 121 Å². The summed E-state index contributed by atoms with van der Waals surface area (Å²) in [5.74, 6) is 1.65. The highest BCUT2D eigenvalue weighted by atomic mass is 32.2. The lowest BCUT2D eigenvalue weighted by atomic mass is 10.2. The molecule has 2 amide bonds. The number of thioether (sulfide) groups is 1. The van der Waals surface area contributed by atoms with Crippen molar-refractivity contribution < 1.29 is 14.0 Å². The summed E-state index contributed by atoms with van der Waals surface area (Å²) in [5, 5.41) is 0. The first kappa shape index (κ1) is 16.1. The molecular weight excluding hydrogens is 279 g/mol. The Bertz CT molecular complexity index is 511. The standard InChI is InChI=1S/C14H15FN2O2S/c1-2-7-17(14(19)10-20-9-13(16)18)8-11-3-5-12(15)6-4-11/h1,3-6H,7-10H2,(H2,16,18). The average molecular weight is 294 g/mol. The van der Waals surface area contributed by atoms with Gasteiger partial charge in [0.1, 0.15) is 5.82 Å². The summed E-state index contributed by atoms with van der Waals surface area (Å²) >= 11 is 1.14. The predicted molar refractivity (Wildman–Crippen MR) is 77.2 cm³/mol. The lowest BCUT2D eigenvalue weighted by molar-refractivity contribution is -0.128. The molecule has 4 nitrogen and oxygen atoms in total. The lowest BCUT2D eigenvalue weighted by Gasteiger charge is -2.20. The SMILES string of the molecule is C#CCN(Cc1ccc(F)cc1)C(=O)CSCC(N)=O. The Balaban J connectivity index is 2.59. The zero-order valence-electron chi connectivity index (χ0n) is 10.8. The topological polar surface area (TPSA) is 63.4 Å². The molecule has 1 aromatic rings. The number of carbonyl (C=O) groups excluding carboxylic acids is 2. The van der Waals surface area contributed by atoms with Crippen LogP contribution in [0.3, 0.4) is 0 Å². The second-order valence-electron chi connectivity index (χ2n) is 4.04. The summed E-state index contributed by atoms with van der Waals surface area (Å²) in [6, 6.07) is 5.86. The van der Waals surface area contributed by atoms with Crippen LogP contribution in [0.2, 0.25) is 0 Å². The summed E-state index contributed by atoms with van der Waals surface area (Å²) in [7, 11) is 0. The van der Waals surface area contributed by atoms with E-state index in [1.165, 1.54) is 17.0 Å². The Morgan fingerprint density at radius 2 is 1.95 bits per heavy atom. The maximum atomic E-state index is 12.8. The fourth-order valence-electron chi connectivity index (χ4n) is 1.48. The third-order valence-corrected chi connectivity index (χ3v) is 3.33. The van der Waals surface area contributed by atoms with Gasteiger partial charge >= 0.3 is 0 Å². The van der Waals surface area contributed by atoms with Crippen molar-refractivity contribution in [3.8, 4) is 12.3 Å². The van der Waals surface area contributed by atoms with E-state index in [1.54, 1.807) is 12.1 Å². The zero-order valence-corrected chi connectivity index (χ0v) is 11.7. The van der Waals surface area contributed by atoms with E-state index in [4.69, 9.17) is 12.2 Å². The molecule has 20 heavy (non-hydrogen) atoms. The first-order valence-electron chi connectivity index (χ1n) is 5.84. The van der Waals surface area contributed by atoms with Crippen molar-refractivity contribution in [2.75, 3.05) is 18.1 Å². The normalized spacial score (nSPS) is 9.80. The molecule has 0 heterocycles. The van der Waals surface area contributed by atoms with E-state index in [0.29, 0.717) is 6.54 Å². The minimum atomic E-state index is -0.468. The molecule has 0 radical (unpaired) electrons. The molecule has 0 saturated heterocycles. The summed E-state index contributed by atoms with van der Waals surface area (Å²) in [5.41, 5.74) is 5.79. The van der Waals surface area contributed by atoms with Gasteiger partial charge in [0, 0.05) is 6.54 Å². The fraction of sp³-hybridized carbons (Fsp3) is 0.286. The summed E-state index contributed by atoms with van der Waals surface area (Å²) in [6.45, 7) is 0.466. The Hall–Kier alpha value is -2.00. The molecule has 0 unspecified atom stereocenters. The highest BCUT2D eigenvalue weighted by Crippen LogP contribution is 2.09. The van der Waals surface area contributed by atoms with Gasteiger partial charge in [0.05, 0.1) is 18.1 Å². The molecule has 0 aliphatic carbocycles. The number of benzene rings is 1. The molecule has 0 saturated carbocycles. The first-order chi connectivity index (χ1) is 9.52. The van der Waals surface area contributed by atoms with E-state index >= 15 is 0 Å². The number of nitrogens with two attached hydrogens (primary N) is 1. The van der Waals surface area contributed by atoms with Crippen molar-refractivity contribution in [1.29, 1.82) is 0 Å². The van der Waals surface area contributed by atoms with Gasteiger partial charge in [0.15, 0.2) is 0 Å². The quantitative estimate of drug-likeness (QED) is 0.763. The van der Waals surface area contributed by atoms with E-state index in [-0.39, 0.29) is 29.8 Å². The van der Waals surface area contributed by atoms with E-state index in [2.05, 4.69) is 5.92 Å².